The number of aliphatic hydroxyl groups excluding tert-OH is 6. The molecule has 0 amide bonds. The number of hydrogen-bond acceptors (Lipinski definition) is 9. The van der Waals surface area contributed by atoms with Crippen molar-refractivity contribution in [2.24, 2.45) is 80.2 Å². The minimum Gasteiger partial charge on any atom is -0.393 e. The Morgan fingerprint density at radius 3 is 1.94 bits per heavy atom. The van der Waals surface area contributed by atoms with E-state index < -0.39 is 61.5 Å². The van der Waals surface area contributed by atoms with E-state index in [1.54, 1.807) is 0 Å². The summed E-state index contributed by atoms with van der Waals surface area (Å²) in [5.41, 5.74) is 5.58. The van der Waals surface area contributed by atoms with Crippen molar-refractivity contribution in [3.8, 4) is 0 Å². The molecule has 9 heteroatoms. The molecule has 52 heavy (non-hydrogen) atoms. The molecule has 0 spiro atoms. The van der Waals surface area contributed by atoms with Gasteiger partial charge in [-0.15, -0.1) is 0 Å². The molecule has 0 aromatic heterocycles. The SMILES string of the molecule is CC(CC(C)[C@@H](O)[C@@H](O)[C@@H](O)COC1[C@H](N)[C@@H](O)[C@H](O)[C@@]1(O)CO)[C@H]1CC[C@@]2(C)C1CC[C@]1(C)C2CCC2[C@@]3(C)CC[C@H](C)C(C)(C)C3CC[C@]21C. The maximum atomic E-state index is 11.2. The molecule has 0 bridgehead atoms. The van der Waals surface area contributed by atoms with Gasteiger partial charge in [-0.2, -0.15) is 0 Å². The van der Waals surface area contributed by atoms with Crippen LogP contribution < -0.4 is 5.73 Å². The molecule has 0 saturated heterocycles. The Bertz CT molecular complexity index is 1280. The number of ether oxygens (including phenoxy) is 1. The molecule has 9 N–H and O–H groups in total. The molecular weight excluding hydrogens is 658 g/mol. The van der Waals surface area contributed by atoms with Crippen LogP contribution in [0.15, 0.2) is 0 Å². The highest BCUT2D eigenvalue weighted by Crippen LogP contribution is 2.78. The van der Waals surface area contributed by atoms with Crippen molar-refractivity contribution >= 4 is 0 Å². The minimum atomic E-state index is -2.21. The fourth-order valence-corrected chi connectivity index (χ4v) is 15.5. The van der Waals surface area contributed by atoms with E-state index in [-0.39, 0.29) is 5.92 Å². The minimum absolute atomic E-state index is 0.278. The zero-order chi connectivity index (χ0) is 38.6. The van der Waals surface area contributed by atoms with Crippen molar-refractivity contribution in [2.75, 3.05) is 13.2 Å². The zero-order valence-corrected chi connectivity index (χ0v) is 34.0. The highest BCUT2D eigenvalue weighted by atomic mass is 16.5. The van der Waals surface area contributed by atoms with Crippen LogP contribution in [0.4, 0.5) is 0 Å². The lowest BCUT2D eigenvalue weighted by atomic mass is 9.31. The fraction of sp³-hybridized carbons (Fsp3) is 1.00. The largest absolute Gasteiger partial charge is 0.393 e. The Labute approximate surface area is 314 Å². The van der Waals surface area contributed by atoms with E-state index in [0.29, 0.717) is 44.8 Å². The summed E-state index contributed by atoms with van der Waals surface area (Å²) < 4.78 is 5.57. The predicted octanol–water partition coefficient (Wildman–Crippen LogP) is 4.64. The van der Waals surface area contributed by atoms with E-state index in [9.17, 15) is 35.7 Å². The van der Waals surface area contributed by atoms with Crippen molar-refractivity contribution in [2.45, 2.75) is 181 Å². The highest BCUT2D eigenvalue weighted by molar-refractivity contribution is 5.19. The molecule has 7 unspecified atom stereocenters. The van der Waals surface area contributed by atoms with Crippen LogP contribution >= 0.6 is 0 Å². The third-order valence-corrected chi connectivity index (χ3v) is 19.1. The Morgan fingerprint density at radius 2 is 1.33 bits per heavy atom. The van der Waals surface area contributed by atoms with Crippen LogP contribution in [0.5, 0.6) is 0 Å². The summed E-state index contributed by atoms with van der Waals surface area (Å²) in [5, 5.41) is 73.7. The van der Waals surface area contributed by atoms with Gasteiger partial charge in [0.05, 0.1) is 25.4 Å². The summed E-state index contributed by atoms with van der Waals surface area (Å²) in [7, 11) is 0. The van der Waals surface area contributed by atoms with Gasteiger partial charge in [0.25, 0.3) is 0 Å². The molecule has 20 atom stereocenters. The molecule has 0 radical (unpaired) electrons. The Kier molecular flexibility index (Phi) is 11.1. The van der Waals surface area contributed by atoms with Crippen LogP contribution in [0.1, 0.15) is 133 Å². The summed E-state index contributed by atoms with van der Waals surface area (Å²) in [5.74, 6) is 4.43. The van der Waals surface area contributed by atoms with Crippen LogP contribution in [0.3, 0.4) is 0 Å². The number of rotatable bonds is 10. The number of fused-ring (bicyclic) bond motifs is 7. The van der Waals surface area contributed by atoms with E-state index in [1.165, 1.54) is 64.2 Å². The molecule has 6 aliphatic rings. The van der Waals surface area contributed by atoms with Crippen molar-refractivity contribution in [3.05, 3.63) is 0 Å². The third-order valence-electron chi connectivity index (χ3n) is 19.1. The van der Waals surface area contributed by atoms with Gasteiger partial charge in [0.15, 0.2) is 0 Å². The van der Waals surface area contributed by atoms with E-state index in [1.807, 2.05) is 6.92 Å². The first-order valence-corrected chi connectivity index (χ1v) is 21.2. The van der Waals surface area contributed by atoms with Gasteiger partial charge in [-0.3, -0.25) is 0 Å². The standard InChI is InChI=1S/C43H77NO8/c1-23(20-24(2)33(47)34(48)28(46)21-52-37-32(44)35(49)36(50)43(37,51)22-45)26-13-17-39(6)27(26)14-18-41(8)30(39)10-11-31-40(7)16-12-25(3)38(4,5)29(40)15-19-42(31,41)9/h23-37,45-51H,10-22,44H2,1-9H3/t23?,24?,25-,26+,27?,28-,29?,30?,31?,32+,33+,34-,35+,36-,37?,39-,40-,41+,42+,43-/m0/s1. The van der Waals surface area contributed by atoms with Crippen molar-refractivity contribution in [1.82, 2.24) is 0 Å². The molecule has 6 saturated carbocycles. The zero-order valence-electron chi connectivity index (χ0n) is 34.0. The number of nitrogens with two attached hydrogens (primary N) is 1. The highest BCUT2D eigenvalue weighted by Gasteiger charge is 2.70. The predicted molar refractivity (Wildman–Crippen MR) is 202 cm³/mol. The van der Waals surface area contributed by atoms with Crippen LogP contribution in [-0.4, -0.2) is 97.2 Å². The molecule has 302 valence electrons. The lowest BCUT2D eigenvalue weighted by molar-refractivity contribution is -0.246. The second kappa shape index (κ2) is 13.9. The van der Waals surface area contributed by atoms with Gasteiger partial charge in [-0.25, -0.2) is 0 Å². The second-order valence-corrected chi connectivity index (χ2v) is 21.4. The van der Waals surface area contributed by atoms with Gasteiger partial charge >= 0.3 is 0 Å². The molecule has 0 aliphatic heterocycles. The molecule has 6 fully saturated rings. The Hall–Kier alpha value is -0.360. The maximum Gasteiger partial charge on any atom is 0.144 e. The van der Waals surface area contributed by atoms with E-state index in [0.717, 1.165) is 30.1 Å². The van der Waals surface area contributed by atoms with Gasteiger partial charge in [-0.1, -0.05) is 62.3 Å². The summed E-state index contributed by atoms with van der Waals surface area (Å²) in [6.45, 7) is 21.3. The molecule has 0 heterocycles. The number of hydrogen-bond donors (Lipinski definition) is 8. The Morgan fingerprint density at radius 1 is 0.750 bits per heavy atom. The monoisotopic (exact) mass is 736 g/mol. The second-order valence-electron chi connectivity index (χ2n) is 21.4. The quantitative estimate of drug-likeness (QED) is 0.159. The lowest BCUT2D eigenvalue weighted by Crippen LogP contribution is -2.66. The smallest absolute Gasteiger partial charge is 0.144 e. The van der Waals surface area contributed by atoms with Crippen LogP contribution in [0.25, 0.3) is 0 Å². The first kappa shape index (κ1) is 41.3. The topological polar surface area (TPSA) is 177 Å². The van der Waals surface area contributed by atoms with Gasteiger partial charge in [-0.05, 0) is 145 Å². The van der Waals surface area contributed by atoms with Crippen LogP contribution in [-0.2, 0) is 4.74 Å². The van der Waals surface area contributed by atoms with Gasteiger partial charge in [0.2, 0.25) is 0 Å². The van der Waals surface area contributed by atoms with Crippen molar-refractivity contribution in [1.29, 1.82) is 0 Å². The third kappa shape index (κ3) is 5.85. The lowest BCUT2D eigenvalue weighted by Gasteiger charge is -2.73. The van der Waals surface area contributed by atoms with Gasteiger partial charge in [0, 0.05) is 0 Å². The van der Waals surface area contributed by atoms with Gasteiger partial charge in [0.1, 0.15) is 36.1 Å². The van der Waals surface area contributed by atoms with Crippen molar-refractivity contribution < 1.29 is 40.5 Å². The molecule has 0 aromatic rings. The molecule has 9 nitrogen and oxygen atoms in total. The maximum absolute atomic E-state index is 11.2. The van der Waals surface area contributed by atoms with E-state index >= 15 is 0 Å². The van der Waals surface area contributed by atoms with Crippen molar-refractivity contribution in [3.63, 3.8) is 0 Å². The normalized spacial score (nSPS) is 52.8. The summed E-state index contributed by atoms with van der Waals surface area (Å²) >= 11 is 0. The Balaban J connectivity index is 1.09. The van der Waals surface area contributed by atoms with Crippen LogP contribution in [0.2, 0.25) is 0 Å². The average Bonchev–Trinajstić information content (AvgIpc) is 3.52. The van der Waals surface area contributed by atoms with E-state index in [4.69, 9.17) is 10.5 Å². The summed E-state index contributed by atoms with van der Waals surface area (Å²) in [6, 6.07) is -1.21. The average molecular weight is 736 g/mol. The number of aliphatic hydroxyl groups is 7. The molecule has 6 aliphatic carbocycles. The van der Waals surface area contributed by atoms with Gasteiger partial charge < -0.3 is 46.2 Å². The van der Waals surface area contributed by atoms with E-state index in [2.05, 4.69) is 55.4 Å². The van der Waals surface area contributed by atoms with Crippen LogP contribution in [0, 0.1) is 74.4 Å². The summed E-state index contributed by atoms with van der Waals surface area (Å²) in [6.07, 6.45) is 5.17. The molecule has 0 aromatic carbocycles. The molecular formula is C43H77NO8. The fourth-order valence-electron chi connectivity index (χ4n) is 15.5. The first-order valence-electron chi connectivity index (χ1n) is 21.2. The molecule has 6 rings (SSSR count). The first-order chi connectivity index (χ1) is 24.1. The summed E-state index contributed by atoms with van der Waals surface area (Å²) in [4.78, 5) is 0.